The Labute approximate surface area is 113 Å². The molecule has 1 saturated heterocycles. The molecule has 1 aliphatic rings. The van der Waals surface area contributed by atoms with Gasteiger partial charge in [0.2, 0.25) is 11.8 Å². The molecule has 0 saturated carbocycles. The zero-order valence-corrected chi connectivity index (χ0v) is 11.7. The van der Waals surface area contributed by atoms with Gasteiger partial charge in [-0.1, -0.05) is 0 Å². The van der Waals surface area contributed by atoms with E-state index in [9.17, 15) is 9.59 Å². The van der Waals surface area contributed by atoms with Crippen LogP contribution in [0.4, 0.5) is 0 Å². The Morgan fingerprint density at radius 2 is 1.95 bits per heavy atom. The number of likely N-dealkylation sites (N-methyl/N-ethyl adjacent to an activating group) is 1. The number of nitrogens with zero attached hydrogens (tertiary/aromatic N) is 2. The lowest BCUT2D eigenvalue weighted by molar-refractivity contribution is -0.142. The summed E-state index contributed by atoms with van der Waals surface area (Å²) in [5.74, 6) is -0.214. The number of carbonyl (C=O) groups excluding carboxylic acids is 2. The number of methoxy groups -OCH3 is 1. The second-order valence-corrected chi connectivity index (χ2v) is 4.43. The van der Waals surface area contributed by atoms with Crippen LogP contribution in [0, 0.1) is 0 Å². The lowest BCUT2D eigenvalue weighted by Gasteiger charge is -2.29. The molecule has 1 rings (SSSR count). The number of hydrogen-bond donors (Lipinski definition) is 1. The van der Waals surface area contributed by atoms with Crippen molar-refractivity contribution in [3.63, 3.8) is 0 Å². The number of rotatable bonds is 7. The fourth-order valence-electron chi connectivity index (χ4n) is 1.72. The van der Waals surface area contributed by atoms with E-state index in [-0.39, 0.29) is 25.0 Å². The van der Waals surface area contributed by atoms with E-state index in [1.807, 2.05) is 0 Å². The van der Waals surface area contributed by atoms with E-state index in [4.69, 9.17) is 9.47 Å². The van der Waals surface area contributed by atoms with Crippen molar-refractivity contribution in [2.45, 2.75) is 0 Å². The summed E-state index contributed by atoms with van der Waals surface area (Å²) in [5.41, 5.74) is 0. The summed E-state index contributed by atoms with van der Waals surface area (Å²) in [4.78, 5) is 26.8. The Kier molecular flexibility index (Phi) is 7.39. The monoisotopic (exact) mass is 273 g/mol. The van der Waals surface area contributed by atoms with Crippen LogP contribution < -0.4 is 5.32 Å². The van der Waals surface area contributed by atoms with Crippen LogP contribution in [0.25, 0.3) is 0 Å². The van der Waals surface area contributed by atoms with E-state index in [0.29, 0.717) is 26.3 Å². The van der Waals surface area contributed by atoms with Gasteiger partial charge < -0.3 is 24.6 Å². The van der Waals surface area contributed by atoms with Crippen molar-refractivity contribution in [3.05, 3.63) is 0 Å². The molecule has 0 aromatic rings. The molecule has 0 aromatic heterocycles. The van der Waals surface area contributed by atoms with Gasteiger partial charge in [-0.3, -0.25) is 9.59 Å². The van der Waals surface area contributed by atoms with Crippen molar-refractivity contribution in [1.82, 2.24) is 15.1 Å². The first-order valence-electron chi connectivity index (χ1n) is 6.44. The van der Waals surface area contributed by atoms with E-state index >= 15 is 0 Å². The standard InChI is InChI=1S/C12H23N3O4/c1-14(12(17)10-19-8-7-18-2)9-11(16)15-5-3-13-4-6-15/h13H,3-10H2,1-2H3. The highest BCUT2D eigenvalue weighted by molar-refractivity contribution is 5.85. The van der Waals surface area contributed by atoms with Gasteiger partial charge in [0.1, 0.15) is 6.61 Å². The van der Waals surface area contributed by atoms with Crippen molar-refractivity contribution in [1.29, 1.82) is 0 Å². The van der Waals surface area contributed by atoms with Gasteiger partial charge in [0.05, 0.1) is 19.8 Å². The molecule has 19 heavy (non-hydrogen) atoms. The summed E-state index contributed by atoms with van der Waals surface area (Å²) >= 11 is 0. The summed E-state index contributed by atoms with van der Waals surface area (Å²) in [7, 11) is 3.19. The van der Waals surface area contributed by atoms with Gasteiger partial charge in [0.25, 0.3) is 0 Å². The maximum atomic E-state index is 11.9. The van der Waals surface area contributed by atoms with Gasteiger partial charge in [-0.05, 0) is 0 Å². The second kappa shape index (κ2) is 8.84. The lowest BCUT2D eigenvalue weighted by Crippen LogP contribution is -2.50. The van der Waals surface area contributed by atoms with Crippen LogP contribution in [0.15, 0.2) is 0 Å². The minimum absolute atomic E-state index is 0.0192. The predicted octanol–water partition coefficient (Wildman–Crippen LogP) is -1.46. The molecular formula is C12H23N3O4. The fourth-order valence-corrected chi connectivity index (χ4v) is 1.72. The number of ether oxygens (including phenoxy) is 2. The summed E-state index contributed by atoms with van der Waals surface area (Å²) in [6, 6.07) is 0. The Morgan fingerprint density at radius 1 is 1.26 bits per heavy atom. The number of amides is 2. The number of carbonyl (C=O) groups is 2. The molecular weight excluding hydrogens is 250 g/mol. The van der Waals surface area contributed by atoms with Gasteiger partial charge in [0, 0.05) is 40.3 Å². The third kappa shape index (κ3) is 6.00. The molecule has 1 aliphatic heterocycles. The first-order chi connectivity index (χ1) is 9.15. The maximum absolute atomic E-state index is 11.9. The summed E-state index contributed by atoms with van der Waals surface area (Å²) in [5, 5.41) is 3.18. The van der Waals surface area contributed by atoms with Crippen molar-refractivity contribution >= 4 is 11.8 Å². The topological polar surface area (TPSA) is 71.1 Å². The van der Waals surface area contributed by atoms with Crippen molar-refractivity contribution in [3.8, 4) is 0 Å². The molecule has 1 N–H and O–H groups in total. The second-order valence-electron chi connectivity index (χ2n) is 4.43. The molecule has 0 aliphatic carbocycles. The number of nitrogens with one attached hydrogen (secondary N) is 1. The van der Waals surface area contributed by atoms with Crippen LogP contribution in [-0.2, 0) is 19.1 Å². The van der Waals surface area contributed by atoms with Crippen LogP contribution in [0.3, 0.4) is 0 Å². The van der Waals surface area contributed by atoms with E-state index in [1.54, 1.807) is 19.1 Å². The van der Waals surface area contributed by atoms with Crippen LogP contribution >= 0.6 is 0 Å². The van der Waals surface area contributed by atoms with Crippen LogP contribution in [-0.4, -0.2) is 88.3 Å². The van der Waals surface area contributed by atoms with Crippen LogP contribution in [0.5, 0.6) is 0 Å². The van der Waals surface area contributed by atoms with Crippen LogP contribution in [0.1, 0.15) is 0 Å². The summed E-state index contributed by atoms with van der Waals surface area (Å²) in [6.45, 7) is 3.93. The first kappa shape index (κ1) is 15.9. The third-order valence-electron chi connectivity index (χ3n) is 2.93. The number of piperazine rings is 1. The molecule has 110 valence electrons. The molecule has 0 spiro atoms. The quantitative estimate of drug-likeness (QED) is 0.574. The molecule has 1 fully saturated rings. The van der Waals surface area contributed by atoms with E-state index < -0.39 is 0 Å². The SMILES string of the molecule is COCCOCC(=O)N(C)CC(=O)N1CCNCC1. The normalized spacial score (nSPS) is 15.4. The zero-order chi connectivity index (χ0) is 14.1. The smallest absolute Gasteiger partial charge is 0.248 e. The Balaban J connectivity index is 2.22. The van der Waals surface area contributed by atoms with Gasteiger partial charge in [-0.15, -0.1) is 0 Å². The molecule has 0 unspecified atom stereocenters. The molecule has 0 aromatic carbocycles. The molecule has 0 bridgehead atoms. The third-order valence-corrected chi connectivity index (χ3v) is 2.93. The summed E-state index contributed by atoms with van der Waals surface area (Å²) < 4.78 is 9.94. The minimum Gasteiger partial charge on any atom is -0.382 e. The lowest BCUT2D eigenvalue weighted by atomic mass is 10.3. The van der Waals surface area contributed by atoms with Crippen molar-refractivity contribution in [2.75, 3.05) is 66.7 Å². The largest absolute Gasteiger partial charge is 0.382 e. The average Bonchev–Trinajstić information content (AvgIpc) is 2.44. The maximum Gasteiger partial charge on any atom is 0.248 e. The molecule has 0 radical (unpaired) electrons. The first-order valence-corrected chi connectivity index (χ1v) is 6.44. The Bertz CT molecular complexity index is 293. The van der Waals surface area contributed by atoms with Gasteiger partial charge in [-0.25, -0.2) is 0 Å². The van der Waals surface area contributed by atoms with Crippen LogP contribution in [0.2, 0.25) is 0 Å². The van der Waals surface area contributed by atoms with Gasteiger partial charge in [-0.2, -0.15) is 0 Å². The van der Waals surface area contributed by atoms with E-state index in [2.05, 4.69) is 5.32 Å². The fraction of sp³-hybridized carbons (Fsp3) is 0.833. The summed E-state index contributed by atoms with van der Waals surface area (Å²) in [6.07, 6.45) is 0. The number of hydrogen-bond acceptors (Lipinski definition) is 5. The minimum atomic E-state index is -0.195. The van der Waals surface area contributed by atoms with Crippen molar-refractivity contribution < 1.29 is 19.1 Å². The average molecular weight is 273 g/mol. The van der Waals surface area contributed by atoms with Gasteiger partial charge in [0.15, 0.2) is 0 Å². The molecule has 7 heteroatoms. The Hall–Kier alpha value is -1.18. The van der Waals surface area contributed by atoms with Crippen molar-refractivity contribution in [2.24, 2.45) is 0 Å². The Morgan fingerprint density at radius 3 is 2.58 bits per heavy atom. The van der Waals surface area contributed by atoms with E-state index in [1.165, 1.54) is 4.90 Å². The highest BCUT2D eigenvalue weighted by atomic mass is 16.5. The van der Waals surface area contributed by atoms with Gasteiger partial charge >= 0.3 is 0 Å². The predicted molar refractivity (Wildman–Crippen MR) is 69.8 cm³/mol. The molecule has 2 amide bonds. The molecule has 7 nitrogen and oxygen atoms in total. The van der Waals surface area contributed by atoms with E-state index in [0.717, 1.165) is 13.1 Å². The zero-order valence-electron chi connectivity index (χ0n) is 11.7. The molecule has 0 atom stereocenters. The molecule has 1 heterocycles. The highest BCUT2D eigenvalue weighted by Crippen LogP contribution is 1.96. The highest BCUT2D eigenvalue weighted by Gasteiger charge is 2.19.